The highest BCUT2D eigenvalue weighted by molar-refractivity contribution is 5.92. The molecule has 2 aromatic carbocycles. The molecule has 4 N–H and O–H groups in total. The van der Waals surface area contributed by atoms with Gasteiger partial charge in [0, 0.05) is 11.1 Å². The van der Waals surface area contributed by atoms with Crippen LogP contribution in [-0.2, 0) is 12.0 Å². The molecule has 0 bridgehead atoms. The number of imidazole rings is 1. The van der Waals surface area contributed by atoms with Crippen LogP contribution in [0.1, 0.15) is 47.1 Å². The van der Waals surface area contributed by atoms with Crippen LogP contribution in [0.3, 0.4) is 0 Å². The Labute approximate surface area is 187 Å². The van der Waals surface area contributed by atoms with Crippen molar-refractivity contribution in [3.05, 3.63) is 97.7 Å². The van der Waals surface area contributed by atoms with Gasteiger partial charge in [0.15, 0.2) is 5.65 Å². The maximum absolute atomic E-state index is 14.1. The number of halogens is 1. The smallest absolute Gasteiger partial charge is 0.330 e. The number of rotatable bonds is 6. The van der Waals surface area contributed by atoms with Crippen LogP contribution in [0.4, 0.5) is 4.39 Å². The Morgan fingerprint density at radius 1 is 1.15 bits per heavy atom. The molecule has 0 saturated heterocycles. The molecule has 1 aliphatic rings. The van der Waals surface area contributed by atoms with Gasteiger partial charge < -0.3 is 10.7 Å². The summed E-state index contributed by atoms with van der Waals surface area (Å²) >= 11 is 0. The van der Waals surface area contributed by atoms with E-state index in [9.17, 15) is 18.8 Å². The quantitative estimate of drug-likeness (QED) is 0.419. The van der Waals surface area contributed by atoms with Crippen molar-refractivity contribution in [3.63, 3.8) is 0 Å². The predicted octanol–water partition coefficient (Wildman–Crippen LogP) is 2.42. The monoisotopic (exact) mass is 447 g/mol. The van der Waals surface area contributed by atoms with Crippen LogP contribution in [0.2, 0.25) is 0 Å². The number of benzene rings is 2. The minimum absolute atomic E-state index is 0.154. The van der Waals surface area contributed by atoms with Gasteiger partial charge in [0.05, 0.1) is 12.0 Å². The van der Waals surface area contributed by atoms with E-state index in [0.29, 0.717) is 11.4 Å². The number of aromatic amines is 2. The Bertz CT molecular complexity index is 1500. The molecule has 1 amide bonds. The van der Waals surface area contributed by atoms with Crippen molar-refractivity contribution in [2.24, 2.45) is 11.7 Å². The Morgan fingerprint density at radius 3 is 2.48 bits per heavy atom. The molecule has 2 aromatic heterocycles. The van der Waals surface area contributed by atoms with Gasteiger partial charge in [-0.1, -0.05) is 30.3 Å². The van der Waals surface area contributed by atoms with Gasteiger partial charge in [0.25, 0.3) is 5.56 Å². The maximum Gasteiger partial charge on any atom is 0.330 e. The number of aromatic nitrogens is 4. The first-order valence-corrected chi connectivity index (χ1v) is 10.7. The number of amides is 1. The van der Waals surface area contributed by atoms with E-state index in [0.717, 1.165) is 23.0 Å². The van der Waals surface area contributed by atoms with E-state index in [1.165, 1.54) is 12.1 Å². The van der Waals surface area contributed by atoms with E-state index in [1.54, 1.807) is 24.3 Å². The largest absolute Gasteiger partial charge is 0.366 e. The molecule has 1 atom stereocenters. The number of nitrogens with one attached hydrogen (secondary N) is 2. The number of nitrogens with two attached hydrogens (primary N) is 1. The molecule has 33 heavy (non-hydrogen) atoms. The summed E-state index contributed by atoms with van der Waals surface area (Å²) in [5.74, 6) is -0.172. The van der Waals surface area contributed by atoms with Crippen LogP contribution < -0.4 is 17.0 Å². The minimum atomic E-state index is -0.660. The summed E-state index contributed by atoms with van der Waals surface area (Å²) in [6.45, 7) is 1.83. The lowest BCUT2D eigenvalue weighted by Gasteiger charge is -2.28. The summed E-state index contributed by atoms with van der Waals surface area (Å²) in [6, 6.07) is 13.0. The van der Waals surface area contributed by atoms with Gasteiger partial charge >= 0.3 is 5.69 Å². The number of H-pyrrole nitrogens is 2. The minimum Gasteiger partial charge on any atom is -0.366 e. The fraction of sp³-hybridized carbons (Fsp3) is 0.250. The number of carbonyl (C=O) groups excluding carboxylic acids is 1. The van der Waals surface area contributed by atoms with Gasteiger partial charge in [-0.2, -0.15) is 0 Å². The van der Waals surface area contributed by atoms with E-state index in [4.69, 9.17) is 5.73 Å². The number of hydrogen-bond donors (Lipinski definition) is 3. The average molecular weight is 447 g/mol. The Balaban J connectivity index is 1.62. The normalized spacial score (nSPS) is 15.5. The third-order valence-electron chi connectivity index (χ3n) is 6.57. The molecule has 1 unspecified atom stereocenters. The molecule has 1 fully saturated rings. The number of fused-ring (bicyclic) bond motifs is 1. The van der Waals surface area contributed by atoms with Gasteiger partial charge in [-0.05, 0) is 49.4 Å². The fourth-order valence-corrected chi connectivity index (χ4v) is 4.41. The first kappa shape index (κ1) is 20.9. The average Bonchev–Trinajstić information content (AvgIpc) is 3.57. The van der Waals surface area contributed by atoms with Crippen molar-refractivity contribution < 1.29 is 9.18 Å². The van der Waals surface area contributed by atoms with Gasteiger partial charge in [0.2, 0.25) is 5.91 Å². The summed E-state index contributed by atoms with van der Waals surface area (Å²) < 4.78 is 15.1. The van der Waals surface area contributed by atoms with Crippen molar-refractivity contribution in [3.8, 4) is 0 Å². The zero-order chi connectivity index (χ0) is 23.3. The molecule has 2 heterocycles. The van der Waals surface area contributed by atoms with Gasteiger partial charge in [-0.25, -0.2) is 14.2 Å². The zero-order valence-electron chi connectivity index (χ0n) is 17.9. The standard InChI is InChI=1S/C24H22FN5O3/c1-24(16-10-11-16,15-8-6-13(7-9-15)19(26)31)22-27-18-20(28-22)29-23(33)30(21(18)32)12-14-4-2-3-5-17(14)25/h2-9,16H,10-12H2,1H3,(H2,26,31)(H,27,28)(H,29,33). The maximum atomic E-state index is 14.1. The van der Waals surface area contributed by atoms with Crippen molar-refractivity contribution >= 4 is 17.1 Å². The molecule has 9 heteroatoms. The van der Waals surface area contributed by atoms with E-state index < -0.39 is 28.4 Å². The molecule has 1 aliphatic carbocycles. The van der Waals surface area contributed by atoms with Crippen LogP contribution in [-0.4, -0.2) is 25.4 Å². The SMILES string of the molecule is CC(c1ccc(C(N)=O)cc1)(c1nc2[nH]c(=O)n(Cc3ccccc3F)c(=O)c2[nH]1)C1CC1. The summed E-state index contributed by atoms with van der Waals surface area (Å²) in [5, 5.41) is 0. The molecule has 0 radical (unpaired) electrons. The molecule has 1 saturated carbocycles. The summed E-state index contributed by atoms with van der Waals surface area (Å²) in [7, 11) is 0. The van der Waals surface area contributed by atoms with Crippen molar-refractivity contribution in [2.45, 2.75) is 31.7 Å². The third-order valence-corrected chi connectivity index (χ3v) is 6.57. The van der Waals surface area contributed by atoms with Crippen molar-refractivity contribution in [1.82, 2.24) is 19.5 Å². The van der Waals surface area contributed by atoms with Crippen molar-refractivity contribution in [1.29, 1.82) is 0 Å². The number of carbonyl (C=O) groups is 1. The lowest BCUT2D eigenvalue weighted by atomic mass is 9.77. The number of nitrogens with zero attached hydrogens (tertiary/aromatic N) is 2. The molecule has 0 spiro atoms. The van der Waals surface area contributed by atoms with Crippen molar-refractivity contribution in [2.75, 3.05) is 0 Å². The van der Waals surface area contributed by atoms with Crippen LogP contribution in [0.25, 0.3) is 11.2 Å². The summed E-state index contributed by atoms with van der Waals surface area (Å²) in [5.41, 5.74) is 5.45. The zero-order valence-corrected chi connectivity index (χ0v) is 17.9. The van der Waals surface area contributed by atoms with E-state index >= 15 is 0 Å². The molecule has 5 rings (SSSR count). The highest BCUT2D eigenvalue weighted by Gasteiger charge is 2.46. The topological polar surface area (TPSA) is 127 Å². The fourth-order valence-electron chi connectivity index (χ4n) is 4.41. The number of primary amides is 1. The predicted molar refractivity (Wildman–Crippen MR) is 121 cm³/mol. The van der Waals surface area contributed by atoms with Crippen LogP contribution in [0, 0.1) is 11.7 Å². The highest BCUT2D eigenvalue weighted by atomic mass is 19.1. The molecular formula is C24H22FN5O3. The second-order valence-electron chi connectivity index (χ2n) is 8.64. The second-order valence-corrected chi connectivity index (χ2v) is 8.64. The lowest BCUT2D eigenvalue weighted by Crippen LogP contribution is -2.35. The summed E-state index contributed by atoms with van der Waals surface area (Å²) in [6.07, 6.45) is 1.97. The first-order chi connectivity index (χ1) is 15.8. The Hall–Kier alpha value is -4.01. The third kappa shape index (κ3) is 3.45. The first-order valence-electron chi connectivity index (χ1n) is 10.7. The van der Waals surface area contributed by atoms with Crippen LogP contribution in [0.5, 0.6) is 0 Å². The molecular weight excluding hydrogens is 425 g/mol. The molecule has 168 valence electrons. The van der Waals surface area contributed by atoms with Crippen LogP contribution in [0.15, 0.2) is 58.1 Å². The molecule has 0 aliphatic heterocycles. The van der Waals surface area contributed by atoms with E-state index in [1.807, 2.05) is 19.1 Å². The van der Waals surface area contributed by atoms with Gasteiger partial charge in [0.1, 0.15) is 17.2 Å². The summed E-state index contributed by atoms with van der Waals surface area (Å²) in [4.78, 5) is 47.6. The van der Waals surface area contributed by atoms with Gasteiger partial charge in [-0.3, -0.25) is 19.1 Å². The molecule has 8 nitrogen and oxygen atoms in total. The molecule has 4 aromatic rings. The second kappa shape index (κ2) is 7.54. The van der Waals surface area contributed by atoms with E-state index in [2.05, 4.69) is 15.0 Å². The van der Waals surface area contributed by atoms with Crippen LogP contribution >= 0.6 is 0 Å². The van der Waals surface area contributed by atoms with E-state index in [-0.39, 0.29) is 29.2 Å². The highest BCUT2D eigenvalue weighted by Crippen LogP contribution is 2.50. The van der Waals surface area contributed by atoms with Gasteiger partial charge in [-0.15, -0.1) is 0 Å². The lowest BCUT2D eigenvalue weighted by molar-refractivity contribution is 0.1000. The Morgan fingerprint density at radius 2 is 1.85 bits per heavy atom. The number of hydrogen-bond acceptors (Lipinski definition) is 4. The Kier molecular flexibility index (Phi) is 4.77.